The second kappa shape index (κ2) is 6.02. The maximum Gasteiger partial charge on any atom is 0.331 e. The average Bonchev–Trinajstić information content (AvgIpc) is 2.86. The summed E-state index contributed by atoms with van der Waals surface area (Å²) in [5.74, 6) is 0. The van der Waals surface area contributed by atoms with Gasteiger partial charge in [0.25, 0.3) is 5.56 Å². The topological polar surface area (TPSA) is 44.0 Å². The molecule has 0 saturated carbocycles. The SMILES string of the molecule is CCCn1ccc(=O)n(Cc2ccc(CC)s2)c1=O. The Morgan fingerprint density at radius 1 is 1.11 bits per heavy atom. The Balaban J connectivity index is 2.36. The molecule has 0 spiro atoms. The molecule has 2 heterocycles. The van der Waals surface area contributed by atoms with Crippen molar-refractivity contribution in [2.75, 3.05) is 0 Å². The highest BCUT2D eigenvalue weighted by Crippen LogP contribution is 2.16. The first kappa shape index (κ1) is 13.8. The summed E-state index contributed by atoms with van der Waals surface area (Å²) in [7, 11) is 0. The molecule has 5 heteroatoms. The molecule has 2 aromatic heterocycles. The molecule has 0 aliphatic heterocycles. The molecule has 0 amide bonds. The van der Waals surface area contributed by atoms with Crippen molar-refractivity contribution in [3.05, 3.63) is 55.0 Å². The molecule has 19 heavy (non-hydrogen) atoms. The first-order chi connectivity index (χ1) is 9.15. The molecule has 0 saturated heterocycles. The quantitative estimate of drug-likeness (QED) is 0.840. The molecule has 2 aromatic rings. The molecule has 102 valence electrons. The van der Waals surface area contributed by atoms with E-state index in [9.17, 15) is 9.59 Å². The van der Waals surface area contributed by atoms with Crippen molar-refractivity contribution < 1.29 is 0 Å². The fourth-order valence-electron chi connectivity index (χ4n) is 1.97. The molecule has 2 rings (SSSR count). The molecule has 0 aliphatic carbocycles. The minimum atomic E-state index is -0.233. The maximum absolute atomic E-state index is 12.2. The van der Waals surface area contributed by atoms with Crippen molar-refractivity contribution in [1.82, 2.24) is 9.13 Å². The van der Waals surface area contributed by atoms with E-state index in [-0.39, 0.29) is 11.2 Å². The van der Waals surface area contributed by atoms with Crippen LogP contribution in [0.25, 0.3) is 0 Å². The lowest BCUT2D eigenvalue weighted by Crippen LogP contribution is -2.39. The summed E-state index contributed by atoms with van der Waals surface area (Å²) in [6.07, 6.45) is 3.43. The lowest BCUT2D eigenvalue weighted by Gasteiger charge is -2.07. The van der Waals surface area contributed by atoms with Gasteiger partial charge in [-0.25, -0.2) is 4.79 Å². The standard InChI is InChI=1S/C14H18N2O2S/c1-3-8-15-9-7-13(17)16(14(15)18)10-12-6-5-11(4-2)19-12/h5-7,9H,3-4,8,10H2,1-2H3. The first-order valence-corrected chi connectivity index (χ1v) is 7.35. The van der Waals surface area contributed by atoms with Gasteiger partial charge in [0.2, 0.25) is 0 Å². The zero-order valence-corrected chi connectivity index (χ0v) is 12.1. The Bertz CT molecular complexity index is 667. The van der Waals surface area contributed by atoms with Gasteiger partial charge in [0, 0.05) is 28.6 Å². The van der Waals surface area contributed by atoms with E-state index in [1.54, 1.807) is 22.1 Å². The average molecular weight is 278 g/mol. The van der Waals surface area contributed by atoms with Gasteiger partial charge in [-0.15, -0.1) is 11.3 Å². The van der Waals surface area contributed by atoms with Gasteiger partial charge < -0.3 is 4.57 Å². The van der Waals surface area contributed by atoms with Crippen LogP contribution in [0.15, 0.2) is 34.0 Å². The van der Waals surface area contributed by atoms with Crippen LogP contribution in [0.5, 0.6) is 0 Å². The van der Waals surface area contributed by atoms with E-state index in [0.717, 1.165) is 17.7 Å². The molecule has 0 radical (unpaired) electrons. The lowest BCUT2D eigenvalue weighted by molar-refractivity contribution is 0.573. The molecule has 0 N–H and O–H groups in total. The van der Waals surface area contributed by atoms with Crippen LogP contribution in [0.4, 0.5) is 0 Å². The molecular weight excluding hydrogens is 260 g/mol. The van der Waals surface area contributed by atoms with Crippen LogP contribution in [0.3, 0.4) is 0 Å². The van der Waals surface area contributed by atoms with Gasteiger partial charge in [-0.2, -0.15) is 0 Å². The summed E-state index contributed by atoms with van der Waals surface area (Å²) in [6.45, 7) is 5.11. The van der Waals surface area contributed by atoms with Crippen molar-refractivity contribution in [1.29, 1.82) is 0 Å². The number of nitrogens with zero attached hydrogens (tertiary/aromatic N) is 2. The third-order valence-electron chi connectivity index (χ3n) is 2.98. The van der Waals surface area contributed by atoms with E-state index >= 15 is 0 Å². The lowest BCUT2D eigenvalue weighted by atomic mass is 10.3. The van der Waals surface area contributed by atoms with Crippen LogP contribution in [0, 0.1) is 0 Å². The smallest absolute Gasteiger partial charge is 0.300 e. The van der Waals surface area contributed by atoms with Crippen molar-refractivity contribution in [3.63, 3.8) is 0 Å². The molecule has 0 fully saturated rings. The highest BCUT2D eigenvalue weighted by atomic mass is 32.1. The van der Waals surface area contributed by atoms with Crippen LogP contribution >= 0.6 is 11.3 Å². The number of rotatable bonds is 5. The number of aryl methyl sites for hydroxylation is 2. The summed E-state index contributed by atoms with van der Waals surface area (Å²) in [4.78, 5) is 26.3. The van der Waals surface area contributed by atoms with Gasteiger partial charge in [-0.05, 0) is 25.0 Å². The third-order valence-corrected chi connectivity index (χ3v) is 4.20. The maximum atomic E-state index is 12.2. The van der Waals surface area contributed by atoms with Crippen LogP contribution in [-0.4, -0.2) is 9.13 Å². The van der Waals surface area contributed by atoms with E-state index < -0.39 is 0 Å². The molecule has 0 aromatic carbocycles. The van der Waals surface area contributed by atoms with E-state index in [0.29, 0.717) is 13.1 Å². The summed E-state index contributed by atoms with van der Waals surface area (Å²) in [5.41, 5.74) is -0.454. The van der Waals surface area contributed by atoms with Crippen molar-refractivity contribution >= 4 is 11.3 Å². The molecule has 0 bridgehead atoms. The highest BCUT2D eigenvalue weighted by molar-refractivity contribution is 7.11. The second-order valence-electron chi connectivity index (χ2n) is 4.44. The first-order valence-electron chi connectivity index (χ1n) is 6.53. The fraction of sp³-hybridized carbons (Fsp3) is 0.429. The molecule has 0 aliphatic rings. The largest absolute Gasteiger partial charge is 0.331 e. The monoisotopic (exact) mass is 278 g/mol. The fourth-order valence-corrected chi connectivity index (χ4v) is 2.91. The van der Waals surface area contributed by atoms with Gasteiger partial charge in [-0.1, -0.05) is 13.8 Å². The zero-order chi connectivity index (χ0) is 13.8. The van der Waals surface area contributed by atoms with Crippen molar-refractivity contribution in [2.24, 2.45) is 0 Å². The minimum absolute atomic E-state index is 0.221. The summed E-state index contributed by atoms with van der Waals surface area (Å²) in [6, 6.07) is 5.51. The predicted molar refractivity (Wildman–Crippen MR) is 78.1 cm³/mol. The third kappa shape index (κ3) is 3.04. The number of hydrogen-bond donors (Lipinski definition) is 0. The summed E-state index contributed by atoms with van der Waals surface area (Å²) in [5, 5.41) is 0. The van der Waals surface area contributed by atoms with Gasteiger partial charge in [0.1, 0.15) is 0 Å². The Kier molecular flexibility index (Phi) is 4.37. The normalized spacial score (nSPS) is 10.8. The van der Waals surface area contributed by atoms with E-state index in [1.807, 2.05) is 13.0 Å². The molecule has 0 atom stereocenters. The molecule has 4 nitrogen and oxygen atoms in total. The zero-order valence-electron chi connectivity index (χ0n) is 11.3. The van der Waals surface area contributed by atoms with Crippen LogP contribution in [0.1, 0.15) is 30.0 Å². The highest BCUT2D eigenvalue weighted by Gasteiger charge is 2.07. The predicted octanol–water partition coefficient (Wildman–Crippen LogP) is 2.09. The van der Waals surface area contributed by atoms with Crippen LogP contribution < -0.4 is 11.2 Å². The number of thiophene rings is 1. The Morgan fingerprint density at radius 3 is 2.47 bits per heavy atom. The summed E-state index contributed by atoms with van der Waals surface area (Å²) >= 11 is 1.66. The van der Waals surface area contributed by atoms with Crippen molar-refractivity contribution in [2.45, 2.75) is 39.8 Å². The Morgan fingerprint density at radius 2 is 1.84 bits per heavy atom. The molecule has 0 unspecified atom stereocenters. The van der Waals surface area contributed by atoms with Crippen LogP contribution in [0.2, 0.25) is 0 Å². The van der Waals surface area contributed by atoms with Gasteiger partial charge in [-0.3, -0.25) is 9.36 Å². The van der Waals surface area contributed by atoms with Gasteiger partial charge >= 0.3 is 5.69 Å². The van der Waals surface area contributed by atoms with Crippen LogP contribution in [-0.2, 0) is 19.5 Å². The Labute approximate surface area is 116 Å². The van der Waals surface area contributed by atoms with Gasteiger partial charge in [0.15, 0.2) is 0 Å². The Hall–Kier alpha value is -1.62. The molecular formula is C14H18N2O2S. The minimum Gasteiger partial charge on any atom is -0.300 e. The number of aromatic nitrogens is 2. The van der Waals surface area contributed by atoms with E-state index in [4.69, 9.17) is 0 Å². The van der Waals surface area contributed by atoms with Crippen molar-refractivity contribution in [3.8, 4) is 0 Å². The van der Waals surface area contributed by atoms with E-state index in [1.165, 1.54) is 15.5 Å². The second-order valence-corrected chi connectivity index (χ2v) is 5.69. The van der Waals surface area contributed by atoms with Gasteiger partial charge in [0.05, 0.1) is 6.54 Å². The number of hydrogen-bond acceptors (Lipinski definition) is 3. The van der Waals surface area contributed by atoms with E-state index in [2.05, 4.69) is 13.0 Å². The summed E-state index contributed by atoms with van der Waals surface area (Å²) < 4.78 is 2.90.